The fourth-order valence-electron chi connectivity index (χ4n) is 2.40. The third-order valence-electron chi connectivity index (χ3n) is 3.41. The van der Waals surface area contributed by atoms with E-state index in [0.29, 0.717) is 6.61 Å². The van der Waals surface area contributed by atoms with E-state index in [1.165, 1.54) is 13.2 Å². The van der Waals surface area contributed by atoms with E-state index in [9.17, 15) is 4.39 Å². The number of methoxy groups -OCH3 is 1. The summed E-state index contributed by atoms with van der Waals surface area (Å²) in [6.07, 6.45) is 0.957. The number of hydrogen-bond donors (Lipinski definition) is 2. The van der Waals surface area contributed by atoms with Crippen LogP contribution in [0.2, 0.25) is 0 Å². The molecule has 1 fully saturated rings. The van der Waals surface area contributed by atoms with Gasteiger partial charge >= 0.3 is 0 Å². The molecule has 0 saturated carbocycles. The first-order chi connectivity index (χ1) is 8.22. The van der Waals surface area contributed by atoms with Crippen molar-refractivity contribution in [2.45, 2.75) is 12.0 Å². The number of fused-ring (bicyclic) bond motifs is 1. The lowest BCUT2D eigenvalue weighted by molar-refractivity contribution is 0.184. The molecule has 0 bridgehead atoms. The first kappa shape index (κ1) is 10.7. The standard InChI is InChI=1S/C12H15FN2O2/c1-16-11-5-10-9(4-8(11)13)14-6-12(15-10)2-3-17-7-12/h4-5,14-15H,2-3,6-7H2,1H3. The average Bonchev–Trinajstić information content (AvgIpc) is 2.77. The summed E-state index contributed by atoms with van der Waals surface area (Å²) >= 11 is 0. The van der Waals surface area contributed by atoms with E-state index < -0.39 is 0 Å². The molecule has 0 radical (unpaired) electrons. The van der Waals surface area contributed by atoms with Crippen LogP contribution in [0.3, 0.4) is 0 Å². The van der Waals surface area contributed by atoms with Crippen LogP contribution in [0.1, 0.15) is 6.42 Å². The van der Waals surface area contributed by atoms with E-state index >= 15 is 0 Å². The summed E-state index contributed by atoms with van der Waals surface area (Å²) in [5.41, 5.74) is 1.59. The maximum absolute atomic E-state index is 13.5. The van der Waals surface area contributed by atoms with E-state index in [4.69, 9.17) is 9.47 Å². The smallest absolute Gasteiger partial charge is 0.167 e. The second-order valence-electron chi connectivity index (χ2n) is 4.59. The molecule has 0 aromatic heterocycles. The van der Waals surface area contributed by atoms with Gasteiger partial charge in [0.1, 0.15) is 0 Å². The molecule has 2 N–H and O–H groups in total. The largest absolute Gasteiger partial charge is 0.494 e. The highest BCUT2D eigenvalue weighted by molar-refractivity contribution is 5.74. The van der Waals surface area contributed by atoms with Gasteiger partial charge in [0.15, 0.2) is 11.6 Å². The lowest BCUT2D eigenvalue weighted by Gasteiger charge is -2.36. The number of hydrogen-bond acceptors (Lipinski definition) is 4. The van der Waals surface area contributed by atoms with Crippen molar-refractivity contribution in [3.8, 4) is 5.75 Å². The molecule has 1 spiro atoms. The maximum Gasteiger partial charge on any atom is 0.167 e. The second kappa shape index (κ2) is 3.77. The Morgan fingerprint density at radius 1 is 1.41 bits per heavy atom. The van der Waals surface area contributed by atoms with Crippen molar-refractivity contribution in [3.05, 3.63) is 17.9 Å². The van der Waals surface area contributed by atoms with Crippen molar-refractivity contribution in [2.24, 2.45) is 0 Å². The van der Waals surface area contributed by atoms with Crippen molar-refractivity contribution in [1.29, 1.82) is 0 Å². The zero-order valence-electron chi connectivity index (χ0n) is 9.68. The highest BCUT2D eigenvalue weighted by Gasteiger charge is 2.38. The van der Waals surface area contributed by atoms with Crippen molar-refractivity contribution < 1.29 is 13.9 Å². The van der Waals surface area contributed by atoms with Crippen molar-refractivity contribution in [1.82, 2.24) is 0 Å². The Hall–Kier alpha value is -1.49. The number of benzene rings is 1. The van der Waals surface area contributed by atoms with Crippen LogP contribution < -0.4 is 15.4 Å². The molecule has 1 atom stereocenters. The minimum atomic E-state index is -0.348. The molecule has 0 amide bonds. The number of rotatable bonds is 1. The summed E-state index contributed by atoms with van der Waals surface area (Å²) < 4.78 is 23.9. The van der Waals surface area contributed by atoms with Crippen LogP contribution in [0, 0.1) is 5.82 Å². The zero-order chi connectivity index (χ0) is 11.9. The van der Waals surface area contributed by atoms with Crippen LogP contribution in [-0.2, 0) is 4.74 Å². The molecule has 4 nitrogen and oxygen atoms in total. The van der Waals surface area contributed by atoms with Crippen LogP contribution >= 0.6 is 0 Å². The van der Waals surface area contributed by atoms with Crippen molar-refractivity contribution in [3.63, 3.8) is 0 Å². The molecule has 1 aromatic carbocycles. The molecule has 17 heavy (non-hydrogen) atoms. The molecule has 1 saturated heterocycles. The summed E-state index contributed by atoms with van der Waals surface area (Å²) in [5, 5.41) is 6.69. The Kier molecular flexibility index (Phi) is 2.36. The van der Waals surface area contributed by atoms with E-state index in [0.717, 1.165) is 30.9 Å². The number of anilines is 2. The van der Waals surface area contributed by atoms with Gasteiger partial charge in [0.25, 0.3) is 0 Å². The van der Waals surface area contributed by atoms with E-state index in [2.05, 4.69) is 10.6 Å². The van der Waals surface area contributed by atoms with E-state index in [-0.39, 0.29) is 17.1 Å². The van der Waals surface area contributed by atoms with Gasteiger partial charge in [-0.25, -0.2) is 4.39 Å². The zero-order valence-corrected chi connectivity index (χ0v) is 9.68. The van der Waals surface area contributed by atoms with Gasteiger partial charge < -0.3 is 20.1 Å². The lowest BCUT2D eigenvalue weighted by Crippen LogP contribution is -2.48. The van der Waals surface area contributed by atoms with Gasteiger partial charge in [-0.2, -0.15) is 0 Å². The molecule has 0 aliphatic carbocycles. The molecular weight excluding hydrogens is 223 g/mol. The summed E-state index contributed by atoms with van der Waals surface area (Å²) in [6, 6.07) is 3.15. The summed E-state index contributed by atoms with van der Waals surface area (Å²) in [7, 11) is 1.47. The predicted octanol–water partition coefficient (Wildman–Crippen LogP) is 1.83. The average molecular weight is 238 g/mol. The number of nitrogens with one attached hydrogen (secondary N) is 2. The van der Waals surface area contributed by atoms with Crippen LogP contribution in [0.4, 0.5) is 15.8 Å². The third kappa shape index (κ3) is 1.70. The molecule has 2 aliphatic heterocycles. The summed E-state index contributed by atoms with van der Waals surface area (Å²) in [5.74, 6) is -0.0896. The maximum atomic E-state index is 13.5. The molecule has 5 heteroatoms. The molecule has 1 unspecified atom stereocenters. The van der Waals surface area contributed by atoms with Crippen molar-refractivity contribution >= 4 is 11.4 Å². The SMILES string of the molecule is COc1cc2c(cc1F)NCC1(CCOC1)N2. The van der Waals surface area contributed by atoms with Gasteiger partial charge in [-0.1, -0.05) is 0 Å². The monoisotopic (exact) mass is 238 g/mol. The Bertz CT molecular complexity index is 444. The lowest BCUT2D eigenvalue weighted by atomic mass is 9.95. The number of ether oxygens (including phenoxy) is 2. The molecule has 2 heterocycles. The van der Waals surface area contributed by atoms with E-state index in [1.807, 2.05) is 0 Å². The van der Waals surface area contributed by atoms with Gasteiger partial charge in [-0.3, -0.25) is 0 Å². The van der Waals surface area contributed by atoms with Crippen LogP contribution in [0.5, 0.6) is 5.75 Å². The molecule has 2 aliphatic rings. The van der Waals surface area contributed by atoms with Gasteiger partial charge in [0.05, 0.1) is 30.6 Å². The van der Waals surface area contributed by atoms with Crippen LogP contribution in [0.25, 0.3) is 0 Å². The second-order valence-corrected chi connectivity index (χ2v) is 4.59. The predicted molar refractivity (Wildman–Crippen MR) is 63.2 cm³/mol. The van der Waals surface area contributed by atoms with Gasteiger partial charge in [-0.15, -0.1) is 0 Å². The third-order valence-corrected chi connectivity index (χ3v) is 3.41. The van der Waals surface area contributed by atoms with Gasteiger partial charge in [0, 0.05) is 25.3 Å². The molecule has 1 aromatic rings. The first-order valence-corrected chi connectivity index (χ1v) is 5.70. The van der Waals surface area contributed by atoms with Crippen LogP contribution in [0.15, 0.2) is 12.1 Å². The molecular formula is C12H15FN2O2. The normalized spacial score (nSPS) is 26.2. The van der Waals surface area contributed by atoms with Crippen molar-refractivity contribution in [2.75, 3.05) is 37.5 Å². The minimum Gasteiger partial charge on any atom is -0.494 e. The minimum absolute atomic E-state index is 0.0597. The van der Waals surface area contributed by atoms with Gasteiger partial charge in [-0.05, 0) is 6.42 Å². The fraction of sp³-hybridized carbons (Fsp3) is 0.500. The van der Waals surface area contributed by atoms with Gasteiger partial charge in [0.2, 0.25) is 0 Å². The summed E-state index contributed by atoms with van der Waals surface area (Å²) in [4.78, 5) is 0. The first-order valence-electron chi connectivity index (χ1n) is 5.70. The topological polar surface area (TPSA) is 42.5 Å². The Morgan fingerprint density at radius 2 is 2.29 bits per heavy atom. The van der Waals surface area contributed by atoms with Crippen LogP contribution in [-0.4, -0.2) is 32.4 Å². The highest BCUT2D eigenvalue weighted by Crippen LogP contribution is 2.37. The molecule has 3 rings (SSSR count). The Labute approximate surface area is 99.1 Å². The Balaban J connectivity index is 1.95. The summed E-state index contributed by atoms with van der Waals surface area (Å²) in [6.45, 7) is 2.20. The van der Waals surface area contributed by atoms with E-state index in [1.54, 1.807) is 6.07 Å². The highest BCUT2D eigenvalue weighted by atomic mass is 19.1. The molecule has 92 valence electrons. The number of halogens is 1. The quantitative estimate of drug-likeness (QED) is 0.783. The fourth-order valence-corrected chi connectivity index (χ4v) is 2.40. The Morgan fingerprint density at radius 3 is 3.00 bits per heavy atom.